The minimum atomic E-state index is 0.107. The van der Waals surface area contributed by atoms with Crippen LogP contribution < -0.4 is 5.32 Å². The summed E-state index contributed by atoms with van der Waals surface area (Å²) in [5, 5.41) is 2.88. The number of carbonyl (C=O) groups excluding carboxylic acids is 1. The SMILES string of the molecule is Cc1ccc2c(c1)nc(CCCl)n2C1CNC(=O)C1. The van der Waals surface area contributed by atoms with Crippen molar-refractivity contribution in [3.05, 3.63) is 29.6 Å². The third-order valence-corrected chi connectivity index (χ3v) is 3.75. The highest BCUT2D eigenvalue weighted by molar-refractivity contribution is 6.17. The topological polar surface area (TPSA) is 46.9 Å². The largest absolute Gasteiger partial charge is 0.354 e. The summed E-state index contributed by atoms with van der Waals surface area (Å²) < 4.78 is 2.18. The van der Waals surface area contributed by atoms with E-state index in [2.05, 4.69) is 40.0 Å². The molecule has 1 saturated heterocycles. The first-order chi connectivity index (χ1) is 9.19. The fraction of sp³-hybridized carbons (Fsp3) is 0.429. The van der Waals surface area contributed by atoms with Crippen LogP contribution in [-0.4, -0.2) is 27.9 Å². The molecule has 0 spiro atoms. The lowest BCUT2D eigenvalue weighted by molar-refractivity contribution is -0.119. The summed E-state index contributed by atoms with van der Waals surface area (Å²) in [6.07, 6.45) is 1.24. The van der Waals surface area contributed by atoms with E-state index >= 15 is 0 Å². The molecule has 100 valence electrons. The Morgan fingerprint density at radius 2 is 2.37 bits per heavy atom. The highest BCUT2D eigenvalue weighted by Gasteiger charge is 2.26. The van der Waals surface area contributed by atoms with Crippen molar-refractivity contribution < 1.29 is 4.79 Å². The van der Waals surface area contributed by atoms with Crippen LogP contribution in [0.25, 0.3) is 11.0 Å². The van der Waals surface area contributed by atoms with E-state index in [0.717, 1.165) is 23.3 Å². The van der Waals surface area contributed by atoms with Crippen LogP contribution in [0.4, 0.5) is 0 Å². The van der Waals surface area contributed by atoms with Crippen LogP contribution in [0.15, 0.2) is 18.2 Å². The molecule has 5 heteroatoms. The Hall–Kier alpha value is -1.55. The summed E-state index contributed by atoms with van der Waals surface area (Å²) in [5.74, 6) is 1.61. The van der Waals surface area contributed by atoms with Crippen LogP contribution in [0, 0.1) is 6.92 Å². The van der Waals surface area contributed by atoms with Crippen molar-refractivity contribution in [3.8, 4) is 0 Å². The van der Waals surface area contributed by atoms with E-state index in [1.807, 2.05) is 0 Å². The van der Waals surface area contributed by atoms with E-state index in [1.165, 1.54) is 5.56 Å². The van der Waals surface area contributed by atoms with E-state index in [4.69, 9.17) is 11.6 Å². The van der Waals surface area contributed by atoms with Crippen molar-refractivity contribution in [2.75, 3.05) is 12.4 Å². The molecule has 1 amide bonds. The summed E-state index contributed by atoms with van der Waals surface area (Å²) in [4.78, 5) is 16.1. The highest BCUT2D eigenvalue weighted by Crippen LogP contribution is 2.26. The summed E-state index contributed by atoms with van der Waals surface area (Å²) >= 11 is 5.87. The maximum absolute atomic E-state index is 11.4. The summed E-state index contributed by atoms with van der Waals surface area (Å²) in [7, 11) is 0. The zero-order chi connectivity index (χ0) is 13.4. The van der Waals surface area contributed by atoms with Crippen molar-refractivity contribution >= 4 is 28.5 Å². The lowest BCUT2D eigenvalue weighted by Gasteiger charge is -2.14. The molecule has 0 saturated carbocycles. The molecule has 19 heavy (non-hydrogen) atoms. The summed E-state index contributed by atoms with van der Waals surface area (Å²) in [6.45, 7) is 2.73. The number of benzene rings is 1. The van der Waals surface area contributed by atoms with Gasteiger partial charge < -0.3 is 9.88 Å². The predicted octanol–water partition coefficient (Wildman–Crippen LogP) is 2.19. The minimum Gasteiger partial charge on any atom is -0.354 e. The normalized spacial score (nSPS) is 19.1. The zero-order valence-electron chi connectivity index (χ0n) is 10.8. The number of hydrogen-bond donors (Lipinski definition) is 1. The fourth-order valence-corrected chi connectivity index (χ4v) is 2.87. The van der Waals surface area contributed by atoms with Crippen LogP contribution in [0.1, 0.15) is 23.9 Å². The van der Waals surface area contributed by atoms with Gasteiger partial charge in [-0.1, -0.05) is 6.07 Å². The lowest BCUT2D eigenvalue weighted by atomic mass is 10.2. The molecule has 1 aromatic carbocycles. The summed E-state index contributed by atoms with van der Waals surface area (Å²) in [5.41, 5.74) is 3.27. The number of amides is 1. The standard InChI is InChI=1S/C14H16ClN3O/c1-9-2-3-12-11(6-9)17-13(4-5-15)18(12)10-7-14(19)16-8-10/h2-3,6,10H,4-5,7-8H2,1H3,(H,16,19). The van der Waals surface area contributed by atoms with Gasteiger partial charge in [-0.05, 0) is 24.6 Å². The molecule has 1 unspecified atom stereocenters. The quantitative estimate of drug-likeness (QED) is 0.874. The molecule has 1 aliphatic heterocycles. The van der Waals surface area contributed by atoms with Gasteiger partial charge in [-0.15, -0.1) is 11.6 Å². The molecular weight excluding hydrogens is 262 g/mol. The Kier molecular flexibility index (Phi) is 3.19. The molecule has 1 aliphatic rings. The fourth-order valence-electron chi connectivity index (χ4n) is 2.70. The Bertz CT molecular complexity index is 635. The first kappa shape index (κ1) is 12.5. The number of nitrogens with one attached hydrogen (secondary N) is 1. The predicted molar refractivity (Wildman–Crippen MR) is 75.6 cm³/mol. The van der Waals surface area contributed by atoms with E-state index in [1.54, 1.807) is 0 Å². The van der Waals surface area contributed by atoms with Crippen molar-refractivity contribution in [1.29, 1.82) is 0 Å². The number of nitrogens with zero attached hydrogens (tertiary/aromatic N) is 2. The second-order valence-corrected chi connectivity index (χ2v) is 5.37. The average molecular weight is 278 g/mol. The van der Waals surface area contributed by atoms with Crippen molar-refractivity contribution in [1.82, 2.24) is 14.9 Å². The van der Waals surface area contributed by atoms with Gasteiger partial charge in [0.15, 0.2) is 0 Å². The number of aryl methyl sites for hydroxylation is 2. The second-order valence-electron chi connectivity index (χ2n) is 4.99. The third kappa shape index (κ3) is 2.21. The number of alkyl halides is 1. The lowest BCUT2D eigenvalue weighted by Crippen LogP contribution is -2.17. The number of carbonyl (C=O) groups is 1. The van der Waals surface area contributed by atoms with E-state index in [9.17, 15) is 4.79 Å². The van der Waals surface area contributed by atoms with Crippen molar-refractivity contribution in [3.63, 3.8) is 0 Å². The molecule has 1 aromatic heterocycles. The maximum atomic E-state index is 11.4. The number of halogens is 1. The van der Waals surface area contributed by atoms with Gasteiger partial charge in [-0.3, -0.25) is 4.79 Å². The van der Waals surface area contributed by atoms with Gasteiger partial charge >= 0.3 is 0 Å². The molecule has 0 aliphatic carbocycles. The molecule has 3 rings (SSSR count). The van der Waals surface area contributed by atoms with Gasteiger partial charge in [0.25, 0.3) is 0 Å². The van der Waals surface area contributed by atoms with Gasteiger partial charge in [0.2, 0.25) is 5.91 Å². The van der Waals surface area contributed by atoms with Gasteiger partial charge in [-0.2, -0.15) is 0 Å². The molecule has 0 radical (unpaired) electrons. The first-order valence-electron chi connectivity index (χ1n) is 6.49. The smallest absolute Gasteiger partial charge is 0.222 e. The molecule has 2 heterocycles. The van der Waals surface area contributed by atoms with Gasteiger partial charge in [-0.25, -0.2) is 4.98 Å². The van der Waals surface area contributed by atoms with Crippen LogP contribution in [0.3, 0.4) is 0 Å². The highest BCUT2D eigenvalue weighted by atomic mass is 35.5. The van der Waals surface area contributed by atoms with E-state index in [0.29, 0.717) is 18.8 Å². The summed E-state index contributed by atoms with van der Waals surface area (Å²) in [6, 6.07) is 6.39. The number of hydrogen-bond acceptors (Lipinski definition) is 2. The first-order valence-corrected chi connectivity index (χ1v) is 7.02. The Morgan fingerprint density at radius 3 is 3.05 bits per heavy atom. The monoisotopic (exact) mass is 277 g/mol. The number of fused-ring (bicyclic) bond motifs is 1. The van der Waals surface area contributed by atoms with Crippen molar-refractivity contribution in [2.24, 2.45) is 0 Å². The maximum Gasteiger partial charge on any atom is 0.222 e. The molecule has 4 nitrogen and oxygen atoms in total. The second kappa shape index (κ2) is 4.85. The molecule has 1 fully saturated rings. The Balaban J connectivity index is 2.13. The van der Waals surface area contributed by atoms with Gasteiger partial charge in [0, 0.05) is 25.3 Å². The van der Waals surface area contributed by atoms with Crippen LogP contribution in [0.2, 0.25) is 0 Å². The number of aromatic nitrogens is 2. The number of rotatable bonds is 3. The molecule has 0 bridgehead atoms. The average Bonchev–Trinajstić information content (AvgIpc) is 2.92. The molecular formula is C14H16ClN3O. The minimum absolute atomic E-state index is 0.107. The molecule has 1 N–H and O–H groups in total. The number of imidazole rings is 1. The van der Waals surface area contributed by atoms with Gasteiger partial charge in [0.1, 0.15) is 5.82 Å². The van der Waals surface area contributed by atoms with E-state index < -0.39 is 0 Å². The zero-order valence-corrected chi connectivity index (χ0v) is 11.6. The van der Waals surface area contributed by atoms with Crippen molar-refractivity contribution in [2.45, 2.75) is 25.8 Å². The van der Waals surface area contributed by atoms with Crippen LogP contribution in [0.5, 0.6) is 0 Å². The van der Waals surface area contributed by atoms with Crippen LogP contribution >= 0.6 is 11.6 Å². The Labute approximate surface area is 116 Å². The van der Waals surface area contributed by atoms with E-state index in [-0.39, 0.29) is 11.9 Å². The third-order valence-electron chi connectivity index (χ3n) is 3.56. The Morgan fingerprint density at radius 1 is 1.53 bits per heavy atom. The van der Waals surface area contributed by atoms with Gasteiger partial charge in [0.05, 0.1) is 17.1 Å². The van der Waals surface area contributed by atoms with Crippen LogP contribution in [-0.2, 0) is 11.2 Å². The molecule has 2 aromatic rings. The molecule has 1 atom stereocenters.